The van der Waals surface area contributed by atoms with E-state index in [1.165, 1.54) is 30.0 Å². The summed E-state index contributed by atoms with van der Waals surface area (Å²) in [5, 5.41) is 14.7. The molecule has 8 nitrogen and oxygen atoms in total. The van der Waals surface area contributed by atoms with Crippen molar-refractivity contribution in [2.24, 2.45) is 0 Å². The summed E-state index contributed by atoms with van der Waals surface area (Å²) in [6.45, 7) is -0.181. The van der Waals surface area contributed by atoms with Gasteiger partial charge in [-0.1, -0.05) is 35.3 Å². The summed E-state index contributed by atoms with van der Waals surface area (Å²) in [5.41, 5.74) is 0.590. The largest absolute Gasteiger partial charge is 0.354 e. The lowest BCUT2D eigenvalue weighted by Gasteiger charge is -2.21. The van der Waals surface area contributed by atoms with E-state index in [1.54, 1.807) is 18.2 Å². The third kappa shape index (κ3) is 7.05. The number of nitro benzene ring substituents is 1. The van der Waals surface area contributed by atoms with E-state index in [0.717, 1.165) is 22.2 Å². The van der Waals surface area contributed by atoms with Crippen LogP contribution in [0.15, 0.2) is 42.5 Å². The van der Waals surface area contributed by atoms with Crippen molar-refractivity contribution in [1.29, 1.82) is 0 Å². The molecule has 0 aliphatic heterocycles. The number of non-ortho nitro benzene ring substituents is 1. The molecule has 0 atom stereocenters. The Bertz CT molecular complexity index is 1010. The van der Waals surface area contributed by atoms with Gasteiger partial charge in [0.2, 0.25) is 15.9 Å². The molecule has 0 aliphatic carbocycles. The topological polar surface area (TPSA) is 110 Å². The van der Waals surface area contributed by atoms with E-state index in [4.69, 9.17) is 23.2 Å². The lowest BCUT2D eigenvalue weighted by Crippen LogP contribution is -2.41. The molecule has 0 bridgehead atoms. The van der Waals surface area contributed by atoms with Gasteiger partial charge < -0.3 is 5.32 Å². The minimum Gasteiger partial charge on any atom is -0.354 e. The third-order valence-electron chi connectivity index (χ3n) is 3.89. The summed E-state index contributed by atoms with van der Waals surface area (Å²) in [6.07, 6.45) is 0.933. The summed E-state index contributed by atoms with van der Waals surface area (Å²) in [6, 6.07) is 10.4. The van der Waals surface area contributed by atoms with Crippen LogP contribution < -0.4 is 9.62 Å². The Kier molecular flexibility index (Phi) is 8.78. The number of benzene rings is 2. The van der Waals surface area contributed by atoms with Gasteiger partial charge in [-0.2, -0.15) is 11.8 Å². The Balaban J connectivity index is 1.91. The van der Waals surface area contributed by atoms with Gasteiger partial charge in [0, 0.05) is 40.2 Å². The molecule has 162 valence electrons. The number of nitro groups is 1. The second-order valence-corrected chi connectivity index (χ2v) is 9.98. The zero-order chi connectivity index (χ0) is 22.3. The van der Waals surface area contributed by atoms with Crippen LogP contribution in [-0.2, 0) is 20.6 Å². The highest BCUT2D eigenvalue weighted by Gasteiger charge is 2.22. The van der Waals surface area contributed by atoms with Gasteiger partial charge in [-0.15, -0.1) is 0 Å². The Morgan fingerprint density at radius 2 is 1.83 bits per heavy atom. The fourth-order valence-electron chi connectivity index (χ4n) is 2.46. The molecule has 12 heteroatoms. The van der Waals surface area contributed by atoms with Crippen molar-refractivity contribution >= 4 is 62.3 Å². The second kappa shape index (κ2) is 10.9. The molecule has 0 radical (unpaired) electrons. The van der Waals surface area contributed by atoms with Crippen molar-refractivity contribution in [3.05, 3.63) is 68.2 Å². The highest BCUT2D eigenvalue weighted by Crippen LogP contribution is 2.28. The minimum atomic E-state index is -3.82. The van der Waals surface area contributed by atoms with Crippen molar-refractivity contribution in [3.63, 3.8) is 0 Å². The number of nitrogens with one attached hydrogen (secondary N) is 1. The molecule has 0 saturated heterocycles. The van der Waals surface area contributed by atoms with Crippen molar-refractivity contribution < 1.29 is 18.1 Å². The monoisotopic (exact) mass is 491 g/mol. The number of carbonyl (C=O) groups is 1. The number of amides is 1. The van der Waals surface area contributed by atoms with Gasteiger partial charge in [-0.05, 0) is 23.8 Å². The zero-order valence-corrected chi connectivity index (χ0v) is 19.0. The first-order chi connectivity index (χ1) is 14.1. The maximum absolute atomic E-state index is 12.2. The second-order valence-electron chi connectivity index (χ2n) is 6.15. The minimum absolute atomic E-state index is 0.0459. The highest BCUT2D eigenvalue weighted by molar-refractivity contribution is 7.98. The highest BCUT2D eigenvalue weighted by atomic mass is 35.5. The number of anilines is 1. The maximum atomic E-state index is 12.2. The summed E-state index contributed by atoms with van der Waals surface area (Å²) in [4.78, 5) is 22.5. The summed E-state index contributed by atoms with van der Waals surface area (Å²) < 4.78 is 25.0. The predicted molar refractivity (Wildman–Crippen MR) is 121 cm³/mol. The van der Waals surface area contributed by atoms with Gasteiger partial charge >= 0.3 is 0 Å². The average molecular weight is 492 g/mol. The zero-order valence-electron chi connectivity index (χ0n) is 15.9. The van der Waals surface area contributed by atoms with E-state index < -0.39 is 27.4 Å². The number of halogens is 2. The molecule has 0 aliphatic rings. The van der Waals surface area contributed by atoms with Crippen LogP contribution in [0.3, 0.4) is 0 Å². The number of hydrogen-bond acceptors (Lipinski definition) is 6. The molecule has 1 amide bonds. The molecule has 30 heavy (non-hydrogen) atoms. The van der Waals surface area contributed by atoms with E-state index in [9.17, 15) is 23.3 Å². The standard InChI is InChI=1S/C18H19Cl2N3O5S2/c1-30(27,28)22(13-4-2-5-14(10-13)23(25)26)11-18(24)21-8-9-29-12-15-16(19)6-3-7-17(15)20/h2-7,10H,8-9,11-12H2,1H3,(H,21,24). The Hall–Kier alpha value is -2.01. The summed E-state index contributed by atoms with van der Waals surface area (Å²) in [7, 11) is -3.82. The fraction of sp³-hybridized carbons (Fsp3) is 0.278. The van der Waals surface area contributed by atoms with E-state index in [0.29, 0.717) is 28.1 Å². The van der Waals surface area contributed by atoms with E-state index >= 15 is 0 Å². The Labute approximate surface area is 188 Å². The van der Waals surface area contributed by atoms with Gasteiger partial charge in [-0.25, -0.2) is 8.42 Å². The molecule has 0 heterocycles. The number of rotatable bonds is 10. The Morgan fingerprint density at radius 1 is 1.20 bits per heavy atom. The molecule has 2 aromatic carbocycles. The lowest BCUT2D eigenvalue weighted by atomic mass is 10.2. The van der Waals surface area contributed by atoms with Crippen LogP contribution in [-0.4, -0.2) is 44.3 Å². The molecule has 2 aromatic rings. The van der Waals surface area contributed by atoms with Gasteiger partial charge in [-0.3, -0.25) is 19.2 Å². The number of thioether (sulfide) groups is 1. The van der Waals surface area contributed by atoms with E-state index in [-0.39, 0.29) is 11.4 Å². The quantitative estimate of drug-likeness (QED) is 0.308. The van der Waals surface area contributed by atoms with Crippen molar-refractivity contribution in [1.82, 2.24) is 5.32 Å². The predicted octanol–water partition coefficient (Wildman–Crippen LogP) is 3.72. The summed E-state index contributed by atoms with van der Waals surface area (Å²) >= 11 is 13.7. The normalized spacial score (nSPS) is 11.2. The molecule has 2 rings (SSSR count). The molecular weight excluding hydrogens is 473 g/mol. The first kappa shape index (κ1) is 24.3. The van der Waals surface area contributed by atoms with Crippen LogP contribution in [0.5, 0.6) is 0 Å². The van der Waals surface area contributed by atoms with Crippen LogP contribution in [0.1, 0.15) is 5.56 Å². The van der Waals surface area contributed by atoms with Crippen LogP contribution in [0.25, 0.3) is 0 Å². The van der Waals surface area contributed by atoms with Crippen LogP contribution in [0.2, 0.25) is 10.0 Å². The molecule has 0 unspecified atom stereocenters. The van der Waals surface area contributed by atoms with Crippen LogP contribution in [0, 0.1) is 10.1 Å². The van der Waals surface area contributed by atoms with Crippen molar-refractivity contribution in [2.75, 3.05) is 29.4 Å². The maximum Gasteiger partial charge on any atom is 0.271 e. The van der Waals surface area contributed by atoms with Crippen molar-refractivity contribution in [3.8, 4) is 0 Å². The molecule has 0 spiro atoms. The Morgan fingerprint density at radius 3 is 2.43 bits per heavy atom. The van der Waals surface area contributed by atoms with Gasteiger partial charge in [0.25, 0.3) is 5.69 Å². The van der Waals surface area contributed by atoms with E-state index in [2.05, 4.69) is 5.32 Å². The smallest absolute Gasteiger partial charge is 0.271 e. The molecular formula is C18H19Cl2N3O5S2. The van der Waals surface area contributed by atoms with E-state index in [1.807, 2.05) is 0 Å². The molecule has 0 aromatic heterocycles. The molecule has 1 N–H and O–H groups in total. The molecule has 0 fully saturated rings. The van der Waals surface area contributed by atoms with Gasteiger partial charge in [0.1, 0.15) is 6.54 Å². The van der Waals surface area contributed by atoms with Gasteiger partial charge in [0.05, 0.1) is 16.9 Å². The first-order valence-electron chi connectivity index (χ1n) is 8.59. The van der Waals surface area contributed by atoms with Gasteiger partial charge in [0.15, 0.2) is 0 Å². The average Bonchev–Trinajstić information content (AvgIpc) is 2.67. The number of hydrogen-bond donors (Lipinski definition) is 1. The third-order valence-corrected chi connectivity index (χ3v) is 6.73. The molecule has 0 saturated carbocycles. The number of carbonyl (C=O) groups excluding carboxylic acids is 1. The number of nitrogens with zero attached hydrogens (tertiary/aromatic N) is 2. The number of sulfonamides is 1. The fourth-order valence-corrected chi connectivity index (χ4v) is 4.90. The first-order valence-corrected chi connectivity index (χ1v) is 12.3. The lowest BCUT2D eigenvalue weighted by molar-refractivity contribution is -0.384. The van der Waals surface area contributed by atoms with Crippen molar-refractivity contribution in [2.45, 2.75) is 5.75 Å². The van der Waals surface area contributed by atoms with Crippen LogP contribution in [0.4, 0.5) is 11.4 Å². The van der Waals surface area contributed by atoms with Crippen LogP contribution >= 0.6 is 35.0 Å². The SMILES string of the molecule is CS(=O)(=O)N(CC(=O)NCCSCc1c(Cl)cccc1Cl)c1cccc([N+](=O)[O-])c1. The summed E-state index contributed by atoms with van der Waals surface area (Å²) in [5.74, 6) is 0.601.